The highest BCUT2D eigenvalue weighted by Crippen LogP contribution is 2.32. The first-order chi connectivity index (χ1) is 8.54. The van der Waals surface area contributed by atoms with Crippen molar-refractivity contribution in [3.05, 3.63) is 23.2 Å². The van der Waals surface area contributed by atoms with Gasteiger partial charge in [0.2, 0.25) is 5.91 Å². The number of nitrogen functional groups attached to an aromatic ring is 1. The lowest BCUT2D eigenvalue weighted by atomic mass is 10.3. The summed E-state index contributed by atoms with van der Waals surface area (Å²) in [6, 6.07) is 4.63. The normalized spacial score (nSPS) is 9.89. The predicted octanol–water partition coefficient (Wildman–Crippen LogP) is 1.86. The maximum absolute atomic E-state index is 11.4. The third kappa shape index (κ3) is 4.46. The quantitative estimate of drug-likeness (QED) is 0.583. The van der Waals surface area contributed by atoms with Gasteiger partial charge in [-0.3, -0.25) is 10.1 Å². The second-order valence-corrected chi connectivity index (χ2v) is 4.75. The molecule has 0 aliphatic rings. The van der Waals surface area contributed by atoms with Gasteiger partial charge in [-0.05, 0) is 19.1 Å². The zero-order chi connectivity index (χ0) is 13.5. The topological polar surface area (TPSA) is 84.2 Å². The molecule has 0 unspecified atom stereocenters. The lowest BCUT2D eigenvalue weighted by molar-refractivity contribution is -0.117. The molecule has 0 heterocycles. The van der Waals surface area contributed by atoms with E-state index in [0.29, 0.717) is 22.2 Å². The van der Waals surface area contributed by atoms with Gasteiger partial charge in [-0.2, -0.15) is 0 Å². The molecule has 0 saturated heterocycles. The van der Waals surface area contributed by atoms with Crippen LogP contribution in [-0.4, -0.2) is 24.2 Å². The van der Waals surface area contributed by atoms with Crippen LogP contribution >= 0.6 is 23.4 Å². The van der Waals surface area contributed by atoms with Crippen LogP contribution in [0, 0.1) is 0 Å². The minimum atomic E-state index is -0.504. The molecule has 0 radical (unpaired) electrons. The van der Waals surface area contributed by atoms with E-state index in [-0.39, 0.29) is 5.75 Å². The van der Waals surface area contributed by atoms with Gasteiger partial charge in [-0.1, -0.05) is 17.7 Å². The molecule has 3 amide bonds. The maximum Gasteiger partial charge on any atom is 0.321 e. The number of hydrogen-bond donors (Lipinski definition) is 3. The highest BCUT2D eigenvalue weighted by atomic mass is 35.5. The summed E-state index contributed by atoms with van der Waals surface area (Å²) in [5.41, 5.74) is 6.25. The molecule has 18 heavy (non-hydrogen) atoms. The van der Waals surface area contributed by atoms with Crippen LogP contribution < -0.4 is 16.4 Å². The average Bonchev–Trinajstić information content (AvgIpc) is 2.28. The van der Waals surface area contributed by atoms with Gasteiger partial charge in [-0.15, -0.1) is 11.8 Å². The number of amides is 3. The van der Waals surface area contributed by atoms with Crippen LogP contribution in [-0.2, 0) is 4.79 Å². The van der Waals surface area contributed by atoms with E-state index >= 15 is 0 Å². The third-order valence-electron chi connectivity index (χ3n) is 1.94. The fraction of sp³-hybridized carbons (Fsp3) is 0.273. The summed E-state index contributed by atoms with van der Waals surface area (Å²) in [5.74, 6) is -0.323. The summed E-state index contributed by atoms with van der Waals surface area (Å²) >= 11 is 7.15. The Hall–Kier alpha value is -1.40. The summed E-state index contributed by atoms with van der Waals surface area (Å²) in [5, 5.41) is 5.15. The van der Waals surface area contributed by atoms with Crippen LogP contribution in [0.4, 0.5) is 10.5 Å². The fourth-order valence-electron chi connectivity index (χ4n) is 1.18. The van der Waals surface area contributed by atoms with Crippen LogP contribution in [0.15, 0.2) is 23.1 Å². The van der Waals surface area contributed by atoms with Crippen molar-refractivity contribution in [2.24, 2.45) is 0 Å². The molecule has 0 fully saturated rings. The summed E-state index contributed by atoms with van der Waals surface area (Å²) in [6.07, 6.45) is 0. The Morgan fingerprint density at radius 1 is 1.44 bits per heavy atom. The lowest BCUT2D eigenvalue weighted by Gasteiger charge is -2.07. The lowest BCUT2D eigenvalue weighted by Crippen LogP contribution is -2.40. The molecular weight excluding hydrogens is 274 g/mol. The summed E-state index contributed by atoms with van der Waals surface area (Å²) in [4.78, 5) is 23.2. The minimum Gasteiger partial charge on any atom is -0.398 e. The number of carbonyl (C=O) groups excluding carboxylic acids is 2. The number of urea groups is 1. The molecule has 4 N–H and O–H groups in total. The number of thioether (sulfide) groups is 1. The van der Waals surface area contributed by atoms with E-state index in [1.54, 1.807) is 25.1 Å². The van der Waals surface area contributed by atoms with Crippen molar-refractivity contribution < 1.29 is 9.59 Å². The summed E-state index contributed by atoms with van der Waals surface area (Å²) in [6.45, 7) is 2.23. The number of rotatable bonds is 4. The van der Waals surface area contributed by atoms with Crippen molar-refractivity contribution in [2.45, 2.75) is 11.8 Å². The van der Waals surface area contributed by atoms with Gasteiger partial charge in [0.1, 0.15) is 0 Å². The first-order valence-electron chi connectivity index (χ1n) is 5.29. The van der Waals surface area contributed by atoms with Crippen molar-refractivity contribution >= 4 is 41.0 Å². The summed E-state index contributed by atoms with van der Waals surface area (Å²) < 4.78 is 0. The second kappa shape index (κ2) is 7.13. The Morgan fingerprint density at radius 3 is 2.78 bits per heavy atom. The van der Waals surface area contributed by atoms with Gasteiger partial charge in [0.15, 0.2) is 0 Å². The van der Waals surface area contributed by atoms with Crippen molar-refractivity contribution in [3.63, 3.8) is 0 Å². The van der Waals surface area contributed by atoms with Crippen molar-refractivity contribution in [3.8, 4) is 0 Å². The third-order valence-corrected chi connectivity index (χ3v) is 3.51. The van der Waals surface area contributed by atoms with E-state index in [0.717, 1.165) is 0 Å². The molecule has 0 aliphatic heterocycles. The van der Waals surface area contributed by atoms with E-state index in [1.807, 2.05) is 0 Å². The SMILES string of the molecule is CCNC(=O)NC(=O)CSc1c(N)cccc1Cl. The Morgan fingerprint density at radius 2 is 2.17 bits per heavy atom. The van der Waals surface area contributed by atoms with Gasteiger partial charge in [-0.25, -0.2) is 4.79 Å². The number of nitrogens with two attached hydrogens (primary N) is 1. The van der Waals surface area contributed by atoms with Gasteiger partial charge in [0.05, 0.1) is 10.8 Å². The zero-order valence-electron chi connectivity index (χ0n) is 9.83. The highest BCUT2D eigenvalue weighted by Gasteiger charge is 2.10. The first kappa shape index (κ1) is 14.7. The average molecular weight is 288 g/mol. The van der Waals surface area contributed by atoms with E-state index in [2.05, 4.69) is 10.6 Å². The van der Waals surface area contributed by atoms with Crippen LogP contribution in [0.1, 0.15) is 6.92 Å². The molecule has 7 heteroatoms. The number of anilines is 1. The number of nitrogens with one attached hydrogen (secondary N) is 2. The van der Waals surface area contributed by atoms with Crippen LogP contribution in [0.25, 0.3) is 0 Å². The highest BCUT2D eigenvalue weighted by molar-refractivity contribution is 8.00. The molecule has 0 atom stereocenters. The zero-order valence-corrected chi connectivity index (χ0v) is 11.4. The standard InChI is InChI=1S/C11H14ClN3O2S/c1-2-14-11(17)15-9(16)6-18-10-7(12)4-3-5-8(10)13/h3-5H,2,6,13H2,1H3,(H2,14,15,16,17). The number of hydrogen-bond acceptors (Lipinski definition) is 4. The van der Waals surface area contributed by atoms with Crippen molar-refractivity contribution in [1.82, 2.24) is 10.6 Å². The monoisotopic (exact) mass is 287 g/mol. The Kier molecular flexibility index (Phi) is 5.80. The van der Waals surface area contributed by atoms with Gasteiger partial charge >= 0.3 is 6.03 Å². The molecule has 0 bridgehead atoms. The molecule has 0 aliphatic carbocycles. The molecule has 98 valence electrons. The van der Waals surface area contributed by atoms with E-state index in [4.69, 9.17) is 17.3 Å². The van der Waals surface area contributed by atoms with E-state index in [9.17, 15) is 9.59 Å². The number of imide groups is 1. The largest absolute Gasteiger partial charge is 0.398 e. The number of benzene rings is 1. The molecule has 1 aromatic carbocycles. The maximum atomic E-state index is 11.4. The van der Waals surface area contributed by atoms with Crippen LogP contribution in [0.2, 0.25) is 5.02 Å². The predicted molar refractivity (Wildman–Crippen MR) is 73.8 cm³/mol. The molecule has 1 rings (SSSR count). The smallest absolute Gasteiger partial charge is 0.321 e. The van der Waals surface area contributed by atoms with Gasteiger partial charge in [0.25, 0.3) is 0 Å². The molecule has 1 aromatic rings. The first-order valence-corrected chi connectivity index (χ1v) is 6.65. The van der Waals surface area contributed by atoms with Crippen LogP contribution in [0.5, 0.6) is 0 Å². The Bertz CT molecular complexity index is 434. The Labute approximate surface area is 114 Å². The van der Waals surface area contributed by atoms with E-state index < -0.39 is 11.9 Å². The molecule has 5 nitrogen and oxygen atoms in total. The van der Waals surface area contributed by atoms with Gasteiger partial charge < -0.3 is 11.1 Å². The molecule has 0 saturated carbocycles. The minimum absolute atomic E-state index is 0.0745. The second-order valence-electron chi connectivity index (χ2n) is 3.35. The summed E-state index contributed by atoms with van der Waals surface area (Å²) in [7, 11) is 0. The Balaban J connectivity index is 2.50. The molecule has 0 aromatic heterocycles. The fourth-order valence-corrected chi connectivity index (χ4v) is 2.32. The van der Waals surface area contributed by atoms with Crippen molar-refractivity contribution in [2.75, 3.05) is 18.0 Å². The molecular formula is C11H14ClN3O2S. The van der Waals surface area contributed by atoms with Crippen LogP contribution in [0.3, 0.4) is 0 Å². The number of halogens is 1. The van der Waals surface area contributed by atoms with Gasteiger partial charge in [0, 0.05) is 17.1 Å². The van der Waals surface area contributed by atoms with Crippen molar-refractivity contribution in [1.29, 1.82) is 0 Å². The molecule has 0 spiro atoms. The number of carbonyl (C=O) groups is 2. The van der Waals surface area contributed by atoms with E-state index in [1.165, 1.54) is 11.8 Å².